The maximum Gasteiger partial charge on any atom is 0.185 e. The van der Waals surface area contributed by atoms with E-state index in [9.17, 15) is 16.8 Å². The molecule has 3 aromatic rings. The number of hydrogen-bond donors (Lipinski definition) is 0. The molecule has 3 rings (SSSR count). The fourth-order valence-corrected chi connectivity index (χ4v) is 5.98. The van der Waals surface area contributed by atoms with Gasteiger partial charge in [0.05, 0.1) is 9.79 Å². The van der Waals surface area contributed by atoms with E-state index in [0.29, 0.717) is 11.1 Å². The molecule has 0 unspecified atom stereocenters. The molecule has 0 N–H and O–H groups in total. The van der Waals surface area contributed by atoms with Gasteiger partial charge in [-0.3, -0.25) is 0 Å². The van der Waals surface area contributed by atoms with Crippen molar-refractivity contribution in [2.45, 2.75) is 35.1 Å². The van der Waals surface area contributed by atoms with Gasteiger partial charge in [0.15, 0.2) is 19.7 Å². The highest BCUT2D eigenvalue weighted by Crippen LogP contribution is 2.24. The van der Waals surface area contributed by atoms with Crippen molar-refractivity contribution in [1.29, 1.82) is 0 Å². The predicted molar refractivity (Wildman–Crippen MR) is 103 cm³/mol. The summed E-state index contributed by atoms with van der Waals surface area (Å²) >= 11 is 0. The molecule has 7 heteroatoms. The molecule has 0 aliphatic heterocycles. The van der Waals surface area contributed by atoms with Crippen LogP contribution in [0.5, 0.6) is 0 Å². The van der Waals surface area contributed by atoms with Crippen molar-refractivity contribution in [1.82, 2.24) is 0 Å². The zero-order chi connectivity index (χ0) is 19.7. The van der Waals surface area contributed by atoms with Gasteiger partial charge in [-0.05, 0) is 49.2 Å². The third-order valence-electron chi connectivity index (χ3n) is 4.24. The number of hydrogen-bond acceptors (Lipinski definition) is 5. The Labute approximate surface area is 159 Å². The molecule has 0 aliphatic rings. The summed E-state index contributed by atoms with van der Waals surface area (Å²) in [5, 5.41) is 0. The Hall–Kier alpha value is -2.38. The molecule has 0 aliphatic carbocycles. The van der Waals surface area contributed by atoms with Gasteiger partial charge in [-0.15, -0.1) is 0 Å². The lowest BCUT2D eigenvalue weighted by molar-refractivity contribution is 0.486. The zero-order valence-electron chi connectivity index (χ0n) is 15.0. The van der Waals surface area contributed by atoms with E-state index in [1.807, 2.05) is 0 Å². The van der Waals surface area contributed by atoms with E-state index < -0.39 is 19.7 Å². The monoisotopic (exact) mass is 404 g/mol. The van der Waals surface area contributed by atoms with E-state index in [2.05, 4.69) is 0 Å². The first kappa shape index (κ1) is 19.4. The highest BCUT2D eigenvalue weighted by molar-refractivity contribution is 7.91. The van der Waals surface area contributed by atoms with Crippen LogP contribution in [-0.4, -0.2) is 16.8 Å². The van der Waals surface area contributed by atoms with Crippen molar-refractivity contribution in [2.24, 2.45) is 0 Å². The van der Waals surface area contributed by atoms with E-state index in [4.69, 9.17) is 4.42 Å². The first-order valence-electron chi connectivity index (χ1n) is 8.33. The minimum absolute atomic E-state index is 0.216. The smallest absolute Gasteiger partial charge is 0.185 e. The van der Waals surface area contributed by atoms with Gasteiger partial charge in [0.1, 0.15) is 23.0 Å². The van der Waals surface area contributed by atoms with Gasteiger partial charge < -0.3 is 4.42 Å². The van der Waals surface area contributed by atoms with Crippen molar-refractivity contribution in [3.05, 3.63) is 83.3 Å². The average Bonchev–Trinajstić information content (AvgIpc) is 3.00. The predicted octanol–water partition coefficient (Wildman–Crippen LogP) is 3.84. The Morgan fingerprint density at radius 2 is 1.00 bits per heavy atom. The van der Waals surface area contributed by atoms with E-state index in [1.165, 1.54) is 12.1 Å². The van der Waals surface area contributed by atoms with Crippen LogP contribution in [0.1, 0.15) is 22.6 Å². The second kappa shape index (κ2) is 7.32. The summed E-state index contributed by atoms with van der Waals surface area (Å²) in [5.41, 5.74) is 1.32. The summed E-state index contributed by atoms with van der Waals surface area (Å²) in [4.78, 5) is 0.492. The maximum atomic E-state index is 12.6. The van der Waals surface area contributed by atoms with Crippen LogP contribution in [0, 0.1) is 13.8 Å². The highest BCUT2D eigenvalue weighted by atomic mass is 32.2. The molecule has 0 spiro atoms. The van der Waals surface area contributed by atoms with Crippen LogP contribution >= 0.6 is 0 Å². The van der Waals surface area contributed by atoms with Crippen LogP contribution in [0.25, 0.3) is 0 Å². The van der Waals surface area contributed by atoms with E-state index in [1.54, 1.807) is 62.4 Å². The summed E-state index contributed by atoms with van der Waals surface area (Å²) in [5.74, 6) is -0.202. The van der Waals surface area contributed by atoms with Gasteiger partial charge in [0, 0.05) is 0 Å². The third-order valence-corrected chi connectivity index (χ3v) is 7.82. The van der Waals surface area contributed by atoms with Gasteiger partial charge >= 0.3 is 0 Å². The van der Waals surface area contributed by atoms with Crippen LogP contribution in [0.4, 0.5) is 0 Å². The first-order valence-corrected chi connectivity index (χ1v) is 11.6. The molecule has 0 bridgehead atoms. The number of rotatable bonds is 6. The van der Waals surface area contributed by atoms with Crippen LogP contribution in [0.2, 0.25) is 0 Å². The molecular formula is C20H20O5S2. The Balaban J connectivity index is 1.82. The van der Waals surface area contributed by atoms with Crippen LogP contribution in [-0.2, 0) is 31.2 Å². The van der Waals surface area contributed by atoms with Gasteiger partial charge in [-0.1, -0.05) is 36.4 Å². The van der Waals surface area contributed by atoms with Crippen LogP contribution in [0.3, 0.4) is 0 Å². The second-order valence-corrected chi connectivity index (χ2v) is 10.3. The topological polar surface area (TPSA) is 81.4 Å². The molecule has 0 amide bonds. The average molecular weight is 405 g/mol. The Morgan fingerprint density at radius 3 is 1.37 bits per heavy atom. The van der Waals surface area contributed by atoms with E-state index >= 15 is 0 Å². The van der Waals surface area contributed by atoms with Gasteiger partial charge in [-0.2, -0.15) is 0 Å². The largest absolute Gasteiger partial charge is 0.464 e. The lowest BCUT2D eigenvalue weighted by Gasteiger charge is -2.07. The van der Waals surface area contributed by atoms with Crippen molar-refractivity contribution in [3.63, 3.8) is 0 Å². The highest BCUT2D eigenvalue weighted by Gasteiger charge is 2.22. The quantitative estimate of drug-likeness (QED) is 0.623. The van der Waals surface area contributed by atoms with Crippen LogP contribution in [0.15, 0.2) is 74.9 Å². The van der Waals surface area contributed by atoms with Crippen molar-refractivity contribution >= 4 is 19.7 Å². The molecule has 27 heavy (non-hydrogen) atoms. The van der Waals surface area contributed by atoms with E-state index in [-0.39, 0.29) is 32.8 Å². The molecule has 2 aromatic carbocycles. The fraction of sp³-hybridized carbons (Fsp3) is 0.200. The molecule has 142 valence electrons. The lowest BCUT2D eigenvalue weighted by Crippen LogP contribution is -2.07. The Bertz CT molecular complexity index is 1080. The third kappa shape index (κ3) is 4.31. The summed E-state index contributed by atoms with van der Waals surface area (Å²) in [6.45, 7) is 3.46. The van der Waals surface area contributed by atoms with Crippen molar-refractivity contribution in [3.8, 4) is 0 Å². The van der Waals surface area contributed by atoms with Crippen molar-refractivity contribution < 1.29 is 21.3 Å². The molecule has 0 radical (unpaired) electrons. The number of furan rings is 1. The Morgan fingerprint density at radius 1 is 0.630 bits per heavy atom. The van der Waals surface area contributed by atoms with E-state index in [0.717, 1.165) is 0 Å². The van der Waals surface area contributed by atoms with Gasteiger partial charge in [0.25, 0.3) is 0 Å². The summed E-state index contributed by atoms with van der Waals surface area (Å²) in [6, 6.07) is 16.5. The SMILES string of the molecule is Cc1ccccc1S(=O)(=O)Cc1ccc(CS(=O)(=O)c2ccccc2C)o1. The van der Waals surface area contributed by atoms with Crippen LogP contribution < -0.4 is 0 Å². The lowest BCUT2D eigenvalue weighted by atomic mass is 10.2. The minimum atomic E-state index is -3.58. The standard InChI is InChI=1S/C20H20O5S2/c1-15-7-3-5-9-19(15)26(21,22)13-17-11-12-18(25-17)14-27(23,24)20-10-6-4-8-16(20)2/h3-12H,13-14H2,1-2H3. The molecule has 0 fully saturated rings. The maximum absolute atomic E-state index is 12.6. The van der Waals surface area contributed by atoms with Crippen molar-refractivity contribution in [2.75, 3.05) is 0 Å². The molecular weight excluding hydrogens is 384 g/mol. The molecule has 1 heterocycles. The normalized spacial score (nSPS) is 12.2. The minimum Gasteiger partial charge on any atom is -0.464 e. The van der Waals surface area contributed by atoms with Gasteiger partial charge in [0.2, 0.25) is 0 Å². The molecule has 0 atom stereocenters. The Kier molecular flexibility index (Phi) is 5.26. The molecule has 5 nitrogen and oxygen atoms in total. The number of aryl methyl sites for hydroxylation is 2. The second-order valence-electron chi connectivity index (χ2n) is 6.42. The molecule has 1 aromatic heterocycles. The number of sulfone groups is 2. The zero-order valence-corrected chi connectivity index (χ0v) is 16.7. The molecule has 0 saturated heterocycles. The fourth-order valence-electron chi connectivity index (χ4n) is 2.92. The van der Waals surface area contributed by atoms with Gasteiger partial charge in [-0.25, -0.2) is 16.8 Å². The summed E-state index contributed by atoms with van der Waals surface area (Å²) < 4.78 is 55.9. The summed E-state index contributed by atoms with van der Waals surface area (Å²) in [6.07, 6.45) is 0. The summed E-state index contributed by atoms with van der Waals surface area (Å²) in [7, 11) is -7.15. The number of benzene rings is 2. The molecule has 0 saturated carbocycles. The first-order chi connectivity index (χ1) is 12.7.